The third kappa shape index (κ3) is 5.47. The lowest BCUT2D eigenvalue weighted by Gasteiger charge is -2.25. The van der Waals surface area contributed by atoms with Gasteiger partial charge in [-0.25, -0.2) is 4.39 Å². The van der Waals surface area contributed by atoms with Crippen molar-refractivity contribution in [2.75, 3.05) is 13.2 Å². The van der Waals surface area contributed by atoms with Gasteiger partial charge in [-0.05, 0) is 50.9 Å². The first kappa shape index (κ1) is 16.4. The summed E-state index contributed by atoms with van der Waals surface area (Å²) in [4.78, 5) is 0. The van der Waals surface area contributed by atoms with Crippen LogP contribution >= 0.6 is 11.6 Å². The summed E-state index contributed by atoms with van der Waals surface area (Å²) in [6, 6.07) is 4.94. The molecule has 4 heteroatoms. The van der Waals surface area contributed by atoms with Crippen molar-refractivity contribution in [3.8, 4) is 0 Å². The van der Waals surface area contributed by atoms with Crippen molar-refractivity contribution in [1.82, 2.24) is 5.32 Å². The highest BCUT2D eigenvalue weighted by Crippen LogP contribution is 2.17. The first-order valence-electron chi connectivity index (χ1n) is 6.87. The van der Waals surface area contributed by atoms with E-state index in [0.717, 1.165) is 13.0 Å². The van der Waals surface area contributed by atoms with E-state index < -0.39 is 0 Å². The SMILES string of the molecule is CCCNC(Cc1ccc(Cl)cc1F)C(C)OCC. The Hall–Kier alpha value is -0.640. The van der Waals surface area contributed by atoms with E-state index in [0.29, 0.717) is 23.6 Å². The lowest BCUT2D eigenvalue weighted by Crippen LogP contribution is -2.42. The van der Waals surface area contributed by atoms with E-state index >= 15 is 0 Å². The zero-order valence-electron chi connectivity index (χ0n) is 11.9. The van der Waals surface area contributed by atoms with Gasteiger partial charge in [-0.1, -0.05) is 24.6 Å². The van der Waals surface area contributed by atoms with Crippen LogP contribution in [0.25, 0.3) is 0 Å². The molecule has 0 saturated carbocycles. The van der Waals surface area contributed by atoms with Gasteiger partial charge < -0.3 is 10.1 Å². The van der Waals surface area contributed by atoms with Crippen molar-refractivity contribution in [3.05, 3.63) is 34.6 Å². The number of rotatable bonds is 8. The van der Waals surface area contributed by atoms with Gasteiger partial charge in [0, 0.05) is 17.7 Å². The lowest BCUT2D eigenvalue weighted by molar-refractivity contribution is 0.0474. The summed E-state index contributed by atoms with van der Waals surface area (Å²) >= 11 is 5.77. The Morgan fingerprint density at radius 2 is 2.11 bits per heavy atom. The van der Waals surface area contributed by atoms with E-state index in [1.54, 1.807) is 12.1 Å². The molecule has 0 aromatic heterocycles. The van der Waals surface area contributed by atoms with E-state index in [2.05, 4.69) is 12.2 Å². The number of hydrogen-bond acceptors (Lipinski definition) is 2. The lowest BCUT2D eigenvalue weighted by atomic mass is 10.0. The monoisotopic (exact) mass is 287 g/mol. The van der Waals surface area contributed by atoms with Crippen LogP contribution in [0.2, 0.25) is 5.02 Å². The molecule has 0 fully saturated rings. The highest BCUT2D eigenvalue weighted by molar-refractivity contribution is 6.30. The molecule has 2 unspecified atom stereocenters. The first-order chi connectivity index (χ1) is 9.08. The summed E-state index contributed by atoms with van der Waals surface area (Å²) in [6.07, 6.45) is 1.69. The largest absolute Gasteiger partial charge is 0.377 e. The molecule has 0 spiro atoms. The average Bonchev–Trinajstić information content (AvgIpc) is 2.37. The molecule has 0 saturated heterocycles. The molecule has 0 bridgehead atoms. The van der Waals surface area contributed by atoms with Crippen LogP contribution in [0.4, 0.5) is 4.39 Å². The van der Waals surface area contributed by atoms with E-state index in [-0.39, 0.29) is 18.0 Å². The molecule has 0 aliphatic rings. The summed E-state index contributed by atoms with van der Waals surface area (Å²) < 4.78 is 19.5. The fourth-order valence-electron chi connectivity index (χ4n) is 2.04. The standard InChI is InChI=1S/C15H23ClFNO/c1-4-8-18-15(11(3)19-5-2)9-12-6-7-13(16)10-14(12)17/h6-7,10-11,15,18H,4-5,8-9H2,1-3H3. The number of ether oxygens (including phenoxy) is 1. The molecule has 108 valence electrons. The maximum Gasteiger partial charge on any atom is 0.127 e. The average molecular weight is 288 g/mol. The van der Waals surface area contributed by atoms with E-state index in [1.807, 2.05) is 13.8 Å². The Labute approximate surface area is 120 Å². The zero-order chi connectivity index (χ0) is 14.3. The fraction of sp³-hybridized carbons (Fsp3) is 0.600. The van der Waals surface area contributed by atoms with Gasteiger partial charge >= 0.3 is 0 Å². The molecule has 19 heavy (non-hydrogen) atoms. The predicted molar refractivity (Wildman–Crippen MR) is 78.3 cm³/mol. The van der Waals surface area contributed by atoms with Crippen molar-refractivity contribution < 1.29 is 9.13 Å². The molecular formula is C15H23ClFNO. The number of hydrogen-bond donors (Lipinski definition) is 1. The molecule has 0 amide bonds. The van der Waals surface area contributed by atoms with Gasteiger partial charge in [0.25, 0.3) is 0 Å². The van der Waals surface area contributed by atoms with Crippen molar-refractivity contribution in [1.29, 1.82) is 0 Å². The van der Waals surface area contributed by atoms with E-state index in [9.17, 15) is 4.39 Å². The molecule has 0 heterocycles. The molecule has 0 aliphatic carbocycles. The molecule has 1 N–H and O–H groups in total. The minimum Gasteiger partial charge on any atom is -0.377 e. The number of benzene rings is 1. The Bertz CT molecular complexity index is 386. The third-order valence-electron chi connectivity index (χ3n) is 3.11. The molecule has 1 aromatic rings. The second kappa shape index (κ2) is 8.51. The van der Waals surface area contributed by atoms with Crippen LogP contribution in [-0.4, -0.2) is 25.3 Å². The van der Waals surface area contributed by atoms with Crippen LogP contribution in [0.5, 0.6) is 0 Å². The second-order valence-corrected chi connectivity index (χ2v) is 5.10. The quantitative estimate of drug-likeness (QED) is 0.785. The van der Waals surface area contributed by atoms with Crippen LogP contribution in [0.1, 0.15) is 32.8 Å². The van der Waals surface area contributed by atoms with Crippen molar-refractivity contribution in [2.45, 2.75) is 45.8 Å². The topological polar surface area (TPSA) is 21.3 Å². The molecular weight excluding hydrogens is 265 g/mol. The summed E-state index contributed by atoms with van der Waals surface area (Å²) in [5.41, 5.74) is 0.671. The van der Waals surface area contributed by atoms with Gasteiger partial charge in [0.2, 0.25) is 0 Å². The van der Waals surface area contributed by atoms with Crippen molar-refractivity contribution >= 4 is 11.6 Å². The highest BCUT2D eigenvalue weighted by Gasteiger charge is 2.19. The van der Waals surface area contributed by atoms with Gasteiger partial charge in [0.1, 0.15) is 5.82 Å². The van der Waals surface area contributed by atoms with Gasteiger partial charge in [-0.15, -0.1) is 0 Å². The normalized spacial score (nSPS) is 14.4. The summed E-state index contributed by atoms with van der Waals surface area (Å²) in [7, 11) is 0. The third-order valence-corrected chi connectivity index (χ3v) is 3.34. The first-order valence-corrected chi connectivity index (χ1v) is 7.25. The van der Waals surface area contributed by atoms with Gasteiger partial charge in [-0.3, -0.25) is 0 Å². The molecule has 1 aromatic carbocycles. The maximum absolute atomic E-state index is 13.8. The minimum atomic E-state index is -0.250. The van der Waals surface area contributed by atoms with Gasteiger partial charge in [0.05, 0.1) is 6.10 Å². The van der Waals surface area contributed by atoms with E-state index in [1.165, 1.54) is 6.07 Å². The fourth-order valence-corrected chi connectivity index (χ4v) is 2.20. The number of halogens is 2. The number of nitrogens with one attached hydrogen (secondary N) is 1. The van der Waals surface area contributed by atoms with E-state index in [4.69, 9.17) is 16.3 Å². The van der Waals surface area contributed by atoms with Crippen molar-refractivity contribution in [2.24, 2.45) is 0 Å². The second-order valence-electron chi connectivity index (χ2n) is 4.66. The Kier molecular flexibility index (Phi) is 7.36. The van der Waals surface area contributed by atoms with Gasteiger partial charge in [0.15, 0.2) is 0 Å². The van der Waals surface area contributed by atoms with Crippen LogP contribution in [-0.2, 0) is 11.2 Å². The van der Waals surface area contributed by atoms with Crippen molar-refractivity contribution in [3.63, 3.8) is 0 Å². The Morgan fingerprint density at radius 1 is 1.37 bits per heavy atom. The molecule has 2 atom stereocenters. The summed E-state index contributed by atoms with van der Waals surface area (Å²) in [5.74, 6) is -0.250. The smallest absolute Gasteiger partial charge is 0.127 e. The maximum atomic E-state index is 13.8. The molecule has 1 rings (SSSR count). The molecule has 2 nitrogen and oxygen atoms in total. The minimum absolute atomic E-state index is 0.0478. The van der Waals surface area contributed by atoms with Crippen LogP contribution < -0.4 is 5.32 Å². The Balaban J connectivity index is 2.74. The van der Waals surface area contributed by atoms with Gasteiger partial charge in [-0.2, -0.15) is 0 Å². The summed E-state index contributed by atoms with van der Waals surface area (Å²) in [5, 5.41) is 3.85. The molecule has 0 radical (unpaired) electrons. The van der Waals surface area contributed by atoms with Crippen LogP contribution in [0, 0.1) is 5.82 Å². The zero-order valence-corrected chi connectivity index (χ0v) is 12.6. The summed E-state index contributed by atoms with van der Waals surface area (Å²) in [6.45, 7) is 7.66. The van der Waals surface area contributed by atoms with Crippen LogP contribution in [0.15, 0.2) is 18.2 Å². The highest BCUT2D eigenvalue weighted by atomic mass is 35.5. The predicted octanol–water partition coefficient (Wildman–Crippen LogP) is 3.81. The Morgan fingerprint density at radius 3 is 2.68 bits per heavy atom. The molecule has 0 aliphatic heterocycles. The van der Waals surface area contributed by atoms with Crippen LogP contribution in [0.3, 0.4) is 0 Å².